The number of aromatic carboxylic acids is 1. The topological polar surface area (TPSA) is 59.4 Å². The maximum atomic E-state index is 10.9. The maximum absolute atomic E-state index is 10.9. The van der Waals surface area contributed by atoms with Gasteiger partial charge in [-0.3, -0.25) is 4.98 Å². The van der Waals surface area contributed by atoms with Crippen molar-refractivity contribution in [1.29, 1.82) is 0 Å². The number of carbonyl (C=O) groups is 1. The Morgan fingerprint density at radius 3 is 2.78 bits per heavy atom. The third-order valence-electron chi connectivity index (χ3n) is 2.13. The van der Waals surface area contributed by atoms with Crippen molar-refractivity contribution in [2.24, 2.45) is 0 Å². The Hall–Kier alpha value is -1.34. The first-order chi connectivity index (χ1) is 8.58. The molecule has 2 aromatic rings. The van der Waals surface area contributed by atoms with E-state index in [1.165, 1.54) is 18.3 Å². The van der Waals surface area contributed by atoms with E-state index >= 15 is 0 Å². The molecule has 18 heavy (non-hydrogen) atoms. The van der Waals surface area contributed by atoms with Crippen LogP contribution in [0.1, 0.15) is 10.4 Å². The van der Waals surface area contributed by atoms with Crippen molar-refractivity contribution in [3.63, 3.8) is 0 Å². The maximum Gasteiger partial charge on any atom is 0.335 e. The molecule has 0 radical (unpaired) electrons. The second-order valence-corrected chi connectivity index (χ2v) is 4.93. The summed E-state index contributed by atoms with van der Waals surface area (Å²) in [5.41, 5.74) is 0.163. The molecule has 2 rings (SSSR count). The number of halogens is 2. The third kappa shape index (κ3) is 2.91. The van der Waals surface area contributed by atoms with Gasteiger partial charge in [0.1, 0.15) is 16.5 Å². The lowest BCUT2D eigenvalue weighted by Gasteiger charge is -2.09. The molecular formula is C12H7ClINO3. The van der Waals surface area contributed by atoms with Gasteiger partial charge in [-0.25, -0.2) is 4.79 Å². The predicted octanol–water partition coefficient (Wildman–Crippen LogP) is 3.83. The summed E-state index contributed by atoms with van der Waals surface area (Å²) in [6.45, 7) is 0. The van der Waals surface area contributed by atoms with E-state index in [1.807, 2.05) is 0 Å². The largest absolute Gasteiger partial charge is 0.478 e. The van der Waals surface area contributed by atoms with Crippen LogP contribution in [-0.4, -0.2) is 16.1 Å². The number of carboxylic acid groups (broad SMARTS) is 1. The number of hydrogen-bond donors (Lipinski definition) is 1. The fourth-order valence-corrected chi connectivity index (χ4v) is 1.88. The highest BCUT2D eigenvalue weighted by molar-refractivity contribution is 14.1. The van der Waals surface area contributed by atoms with E-state index in [1.54, 1.807) is 18.3 Å². The van der Waals surface area contributed by atoms with Crippen LogP contribution in [0.5, 0.6) is 11.5 Å². The van der Waals surface area contributed by atoms with Crippen LogP contribution in [0.15, 0.2) is 36.7 Å². The summed E-state index contributed by atoms with van der Waals surface area (Å²) in [5.74, 6) is -0.118. The Balaban J connectivity index is 2.37. The summed E-state index contributed by atoms with van der Waals surface area (Å²) in [5, 5.41) is 9.30. The molecule has 0 unspecified atom stereocenters. The third-order valence-corrected chi connectivity index (χ3v) is 3.31. The average molecular weight is 376 g/mol. The van der Waals surface area contributed by atoms with E-state index in [0.29, 0.717) is 16.5 Å². The monoisotopic (exact) mass is 375 g/mol. The van der Waals surface area contributed by atoms with Gasteiger partial charge in [0, 0.05) is 18.5 Å². The van der Waals surface area contributed by atoms with Gasteiger partial charge >= 0.3 is 5.97 Å². The van der Waals surface area contributed by atoms with E-state index in [9.17, 15) is 4.79 Å². The lowest BCUT2D eigenvalue weighted by molar-refractivity contribution is 0.0696. The Morgan fingerprint density at radius 2 is 2.11 bits per heavy atom. The van der Waals surface area contributed by atoms with Crippen LogP contribution < -0.4 is 4.74 Å². The van der Waals surface area contributed by atoms with Gasteiger partial charge in [0.25, 0.3) is 0 Å². The molecule has 0 aliphatic rings. The van der Waals surface area contributed by atoms with Crippen molar-refractivity contribution in [2.75, 3.05) is 0 Å². The van der Waals surface area contributed by atoms with Crippen molar-refractivity contribution in [3.05, 3.63) is 50.8 Å². The highest BCUT2D eigenvalue weighted by Crippen LogP contribution is 2.31. The Kier molecular flexibility index (Phi) is 4.03. The molecule has 0 aliphatic carbocycles. The zero-order valence-electron chi connectivity index (χ0n) is 8.93. The second kappa shape index (κ2) is 5.53. The normalized spacial score (nSPS) is 10.1. The molecule has 1 heterocycles. The van der Waals surface area contributed by atoms with Gasteiger partial charge in [0.2, 0.25) is 0 Å². The molecular weight excluding hydrogens is 368 g/mol. The molecule has 0 fully saturated rings. The highest BCUT2D eigenvalue weighted by Gasteiger charge is 2.10. The van der Waals surface area contributed by atoms with Gasteiger partial charge in [-0.1, -0.05) is 11.6 Å². The zero-order chi connectivity index (χ0) is 13.1. The molecule has 0 amide bonds. The molecule has 1 aromatic carbocycles. The lowest BCUT2D eigenvalue weighted by Crippen LogP contribution is -1.98. The highest BCUT2D eigenvalue weighted by atomic mass is 127. The fraction of sp³-hybridized carbons (Fsp3) is 0. The van der Waals surface area contributed by atoms with Gasteiger partial charge in [-0.05, 0) is 40.8 Å². The van der Waals surface area contributed by atoms with Crippen molar-refractivity contribution in [1.82, 2.24) is 4.98 Å². The van der Waals surface area contributed by atoms with Crippen LogP contribution in [0, 0.1) is 3.57 Å². The van der Waals surface area contributed by atoms with E-state index in [-0.39, 0.29) is 5.56 Å². The van der Waals surface area contributed by atoms with Crippen molar-refractivity contribution in [2.45, 2.75) is 0 Å². The number of ether oxygens (including phenoxy) is 1. The van der Waals surface area contributed by atoms with E-state index in [4.69, 9.17) is 21.4 Å². The molecule has 0 saturated carbocycles. The van der Waals surface area contributed by atoms with Crippen LogP contribution in [0.25, 0.3) is 0 Å². The molecule has 1 aromatic heterocycles. The molecule has 92 valence electrons. The summed E-state index contributed by atoms with van der Waals surface area (Å²) >= 11 is 7.98. The van der Waals surface area contributed by atoms with Gasteiger partial charge < -0.3 is 9.84 Å². The summed E-state index contributed by atoms with van der Waals surface area (Å²) in [4.78, 5) is 14.7. The first kappa shape index (κ1) is 13.1. The van der Waals surface area contributed by atoms with Gasteiger partial charge in [-0.2, -0.15) is 0 Å². The minimum Gasteiger partial charge on any atom is -0.478 e. The van der Waals surface area contributed by atoms with Gasteiger partial charge in [0.15, 0.2) is 0 Å². The number of pyridine rings is 1. The summed E-state index contributed by atoms with van der Waals surface area (Å²) in [6, 6.07) is 6.27. The van der Waals surface area contributed by atoms with Crippen molar-refractivity contribution < 1.29 is 14.6 Å². The molecule has 0 atom stereocenters. The van der Waals surface area contributed by atoms with Gasteiger partial charge in [-0.15, -0.1) is 0 Å². The number of rotatable bonds is 3. The van der Waals surface area contributed by atoms with Crippen LogP contribution in [0.3, 0.4) is 0 Å². The van der Waals surface area contributed by atoms with E-state index in [2.05, 4.69) is 27.6 Å². The molecule has 0 bridgehead atoms. The van der Waals surface area contributed by atoms with E-state index in [0.717, 1.165) is 3.57 Å². The zero-order valence-corrected chi connectivity index (χ0v) is 11.8. The quantitative estimate of drug-likeness (QED) is 0.828. The number of benzene rings is 1. The van der Waals surface area contributed by atoms with Gasteiger partial charge in [0.05, 0.1) is 9.13 Å². The Labute approximate surface area is 122 Å². The van der Waals surface area contributed by atoms with Crippen molar-refractivity contribution >= 4 is 40.2 Å². The summed E-state index contributed by atoms with van der Waals surface area (Å²) in [7, 11) is 0. The van der Waals surface area contributed by atoms with Crippen LogP contribution in [-0.2, 0) is 0 Å². The first-order valence-electron chi connectivity index (χ1n) is 4.88. The molecule has 0 saturated heterocycles. The minimum absolute atomic E-state index is 0.163. The molecule has 0 spiro atoms. The first-order valence-corrected chi connectivity index (χ1v) is 6.34. The predicted molar refractivity (Wildman–Crippen MR) is 75.4 cm³/mol. The lowest BCUT2D eigenvalue weighted by atomic mass is 10.2. The average Bonchev–Trinajstić information content (AvgIpc) is 2.34. The molecule has 0 aliphatic heterocycles. The van der Waals surface area contributed by atoms with Crippen LogP contribution in [0.2, 0.25) is 5.02 Å². The SMILES string of the molecule is O=C(O)c1ccc(I)c(Oc2ccncc2Cl)c1. The summed E-state index contributed by atoms with van der Waals surface area (Å²) in [6.07, 6.45) is 3.01. The number of carboxylic acids is 1. The van der Waals surface area contributed by atoms with E-state index < -0.39 is 5.97 Å². The van der Waals surface area contributed by atoms with Crippen molar-refractivity contribution in [3.8, 4) is 11.5 Å². The number of hydrogen-bond acceptors (Lipinski definition) is 3. The molecule has 4 nitrogen and oxygen atoms in total. The number of nitrogens with zero attached hydrogens (tertiary/aromatic N) is 1. The van der Waals surface area contributed by atoms with Crippen LogP contribution in [0.4, 0.5) is 0 Å². The fourth-order valence-electron chi connectivity index (χ4n) is 1.28. The second-order valence-electron chi connectivity index (χ2n) is 3.36. The Morgan fingerprint density at radius 1 is 1.33 bits per heavy atom. The minimum atomic E-state index is -1.00. The Bertz CT molecular complexity index is 604. The standard InChI is InChI=1S/C12H7ClINO3/c13-8-6-15-4-3-10(8)18-11-5-7(12(16)17)1-2-9(11)14/h1-6H,(H,16,17). The molecule has 1 N–H and O–H groups in total. The summed E-state index contributed by atoms with van der Waals surface area (Å²) < 4.78 is 6.38. The smallest absolute Gasteiger partial charge is 0.335 e. The van der Waals surface area contributed by atoms with Crippen LogP contribution >= 0.6 is 34.2 Å². The molecule has 6 heteroatoms. The number of aromatic nitrogens is 1.